The Kier molecular flexibility index (Phi) is 9.67. The van der Waals surface area contributed by atoms with Gasteiger partial charge in [0.1, 0.15) is 0 Å². The summed E-state index contributed by atoms with van der Waals surface area (Å²) in [5.74, 6) is 0. The summed E-state index contributed by atoms with van der Waals surface area (Å²) in [5.41, 5.74) is 1.12. The normalized spacial score (nSPS) is 11.5. The van der Waals surface area contributed by atoms with Crippen LogP contribution in [0, 0.1) is 13.0 Å². The molecule has 0 spiro atoms. The fourth-order valence-electron chi connectivity index (χ4n) is 1.65. The van der Waals surface area contributed by atoms with Crippen molar-refractivity contribution in [3.05, 3.63) is 66.3 Å². The van der Waals surface area contributed by atoms with Crippen molar-refractivity contribution < 1.29 is 18.0 Å². The molecule has 0 aromatic heterocycles. The fraction of sp³-hybridized carbons (Fsp3) is 0.235. The maximum Gasteiger partial charge on any atom is -0.0579 e. The van der Waals surface area contributed by atoms with Gasteiger partial charge in [0.05, 0.1) is 0 Å². The van der Waals surface area contributed by atoms with Gasteiger partial charge in [-0.2, -0.15) is 12.1 Å². The number of aryl methyl sites for hydroxylation is 1. The third-order valence-electron chi connectivity index (χ3n) is 2.73. The number of benzene rings is 1. The molecule has 0 amide bonds. The van der Waals surface area contributed by atoms with Crippen molar-refractivity contribution in [2.24, 2.45) is 0 Å². The molecule has 0 heterocycles. The number of fused-ring (bicyclic) bond motifs is 1. The van der Waals surface area contributed by atoms with Crippen molar-refractivity contribution in [3.8, 4) is 0 Å². The van der Waals surface area contributed by atoms with Crippen LogP contribution in [0.15, 0.2) is 54.6 Å². The van der Waals surface area contributed by atoms with Gasteiger partial charge in [-0.25, -0.2) is 12.2 Å². The van der Waals surface area contributed by atoms with Crippen LogP contribution in [0.2, 0.25) is 13.1 Å². The monoisotopic (exact) mass is 412 g/mol. The molecule has 1 aliphatic carbocycles. The molecule has 112 valence electrons. The smallest absolute Gasteiger partial charge is 0.0579 e. The molecule has 2 aromatic carbocycles. The number of halogens is 2. The molecule has 0 aliphatic heterocycles. The molecule has 4 heteroatoms. The summed E-state index contributed by atoms with van der Waals surface area (Å²) >= 11 is -1.65. The number of allylic oxidation sites excluding steroid dienone is 4. The first-order valence-corrected chi connectivity index (χ1v) is 19.3. The zero-order valence-electron chi connectivity index (χ0n) is 12.7. The van der Waals surface area contributed by atoms with Gasteiger partial charge < -0.3 is 0 Å². The van der Waals surface area contributed by atoms with E-state index in [1.807, 2.05) is 12.2 Å². The third-order valence-corrected chi connectivity index (χ3v) is 22.5. The second kappa shape index (κ2) is 10.7. The Labute approximate surface area is 143 Å². The van der Waals surface area contributed by atoms with Crippen LogP contribution < -0.4 is 0 Å². The van der Waals surface area contributed by atoms with Crippen LogP contribution in [0.4, 0.5) is 0 Å². The van der Waals surface area contributed by atoms with Crippen molar-refractivity contribution in [3.63, 3.8) is 0 Å². The molecule has 0 atom stereocenters. The van der Waals surface area contributed by atoms with E-state index in [1.165, 1.54) is 16.3 Å². The molecule has 1 aliphatic rings. The van der Waals surface area contributed by atoms with E-state index in [2.05, 4.69) is 68.6 Å². The van der Waals surface area contributed by atoms with Crippen LogP contribution >= 0.6 is 17.0 Å². The Morgan fingerprint density at radius 1 is 1.24 bits per heavy atom. The van der Waals surface area contributed by atoms with E-state index in [0.717, 1.165) is 6.42 Å². The zero-order chi connectivity index (χ0) is 15.7. The summed E-state index contributed by atoms with van der Waals surface area (Å²) < 4.78 is 0. The van der Waals surface area contributed by atoms with Crippen molar-refractivity contribution in [2.75, 3.05) is 0 Å². The van der Waals surface area contributed by atoms with Gasteiger partial charge in [0, 0.05) is 0 Å². The average molecular weight is 415 g/mol. The Bertz CT molecular complexity index is 593. The van der Waals surface area contributed by atoms with E-state index in [1.54, 1.807) is 0 Å². The maximum absolute atomic E-state index is 5.62. The molecule has 2 aromatic rings. The minimum atomic E-state index is -1.65. The summed E-state index contributed by atoms with van der Waals surface area (Å²) in [6.07, 6.45) is 10.0. The van der Waals surface area contributed by atoms with E-state index >= 15 is 0 Å². The molecule has 0 N–H and O–H groups in total. The summed E-state index contributed by atoms with van der Waals surface area (Å²) in [6.45, 7) is 6.46. The van der Waals surface area contributed by atoms with E-state index < -0.39 is 18.0 Å². The Balaban J connectivity index is 0.000000173. The Morgan fingerprint density at radius 2 is 1.90 bits per heavy atom. The van der Waals surface area contributed by atoms with Crippen LogP contribution in [-0.4, -0.2) is 5.43 Å². The summed E-state index contributed by atoms with van der Waals surface area (Å²) in [4.78, 5) is 0. The van der Waals surface area contributed by atoms with E-state index in [4.69, 9.17) is 17.0 Å². The van der Waals surface area contributed by atoms with Gasteiger partial charge in [0.2, 0.25) is 0 Å². The van der Waals surface area contributed by atoms with Gasteiger partial charge in [-0.15, -0.1) is 47.0 Å². The largest absolute Gasteiger partial charge is 0.273 e. The van der Waals surface area contributed by atoms with Gasteiger partial charge in [-0.3, -0.25) is 6.08 Å². The Morgan fingerprint density at radius 3 is 2.33 bits per heavy atom. The van der Waals surface area contributed by atoms with Gasteiger partial charge in [0.25, 0.3) is 0 Å². The van der Waals surface area contributed by atoms with Gasteiger partial charge in [0.15, 0.2) is 0 Å². The van der Waals surface area contributed by atoms with Crippen LogP contribution in [0.5, 0.6) is 0 Å². The van der Waals surface area contributed by atoms with E-state index in [0.29, 0.717) is 0 Å². The van der Waals surface area contributed by atoms with Gasteiger partial charge in [-0.05, 0) is 0 Å². The molecule has 0 nitrogen and oxygen atoms in total. The van der Waals surface area contributed by atoms with E-state index in [9.17, 15) is 0 Å². The molecule has 21 heavy (non-hydrogen) atoms. The number of rotatable bonds is 0. The molecular weight excluding hydrogens is 394 g/mol. The van der Waals surface area contributed by atoms with Crippen LogP contribution in [0.3, 0.4) is 0 Å². The van der Waals surface area contributed by atoms with Gasteiger partial charge >= 0.3 is 53.5 Å². The Hall–Kier alpha value is -0.01000. The molecular formula is C17H20Cl2SiZr-2. The number of hydrogen-bond donors (Lipinski definition) is 0. The van der Waals surface area contributed by atoms with E-state index in [-0.39, 0.29) is 5.43 Å². The van der Waals surface area contributed by atoms with Crippen molar-refractivity contribution in [1.29, 1.82) is 0 Å². The average Bonchev–Trinajstić information content (AvgIpc) is 3.10. The van der Waals surface area contributed by atoms with Crippen LogP contribution in [-0.2, 0) is 18.0 Å². The van der Waals surface area contributed by atoms with Crippen LogP contribution in [0.25, 0.3) is 10.8 Å². The quantitative estimate of drug-likeness (QED) is 0.349. The second-order valence-electron chi connectivity index (χ2n) is 4.93. The number of hydrogen-bond acceptors (Lipinski definition) is 0. The van der Waals surface area contributed by atoms with Crippen molar-refractivity contribution in [2.45, 2.75) is 26.4 Å². The predicted octanol–water partition coefficient (Wildman–Crippen LogP) is 6.34. The second-order valence-corrected chi connectivity index (χ2v) is 27.9. The first kappa shape index (κ1) is 19.0. The van der Waals surface area contributed by atoms with Crippen LogP contribution in [0.1, 0.15) is 12.0 Å². The summed E-state index contributed by atoms with van der Waals surface area (Å²) in [6, 6.07) is 12.8. The maximum atomic E-state index is 5.62. The molecule has 3 rings (SSSR count). The van der Waals surface area contributed by atoms with Crippen molar-refractivity contribution in [1.82, 2.24) is 0 Å². The molecule has 0 unspecified atom stereocenters. The molecule has 0 radical (unpaired) electrons. The summed E-state index contributed by atoms with van der Waals surface area (Å²) in [7, 11) is 11.2. The minimum Gasteiger partial charge on any atom is -0.273 e. The third kappa shape index (κ3) is 8.26. The van der Waals surface area contributed by atoms with Crippen molar-refractivity contribution >= 4 is 33.2 Å². The topological polar surface area (TPSA) is 0 Å². The minimum absolute atomic E-state index is 0.224. The molecule has 0 saturated carbocycles. The zero-order valence-corrected chi connectivity index (χ0v) is 17.6. The summed E-state index contributed by atoms with van der Waals surface area (Å²) in [5, 5.41) is 2.69. The van der Waals surface area contributed by atoms with Gasteiger partial charge in [-0.1, -0.05) is 13.0 Å². The first-order valence-electron chi connectivity index (χ1n) is 6.83. The molecule has 0 saturated heterocycles. The fourth-order valence-corrected chi connectivity index (χ4v) is 1.65. The first-order chi connectivity index (χ1) is 10.0. The molecule has 0 fully saturated rings. The predicted molar refractivity (Wildman–Crippen MR) is 95.0 cm³/mol. The standard InChI is InChI=1S/C10H9.C5H5.C2H6Si.2ClH.Zr/c1-8-6-9-4-2-3-5-10(9)7-8;1-2-4-5-3-1;1-3-2;;;/h2-7H,1H3;1-3H,4H2;1-2H3;2*1H;/q2*-1;;;;+2/p-2. The molecule has 0 bridgehead atoms. The SMILES string of the molecule is C[Si](C)=[Zr]([Cl])[Cl].Cc1cc2ccccc2[cH-]1.[C-]1=CC=CC1.